The molecule has 0 bridgehead atoms. The molecule has 0 unspecified atom stereocenters. The molecule has 1 aromatic heterocycles. The van der Waals surface area contributed by atoms with Gasteiger partial charge in [0, 0.05) is 24.0 Å². The number of hydrogen-bond donors (Lipinski definition) is 1. The van der Waals surface area contributed by atoms with E-state index in [1.807, 2.05) is 30.0 Å². The molecule has 0 radical (unpaired) electrons. The second-order valence-corrected chi connectivity index (χ2v) is 6.23. The summed E-state index contributed by atoms with van der Waals surface area (Å²) >= 11 is 1.33. The van der Waals surface area contributed by atoms with E-state index in [0.29, 0.717) is 16.7 Å². The van der Waals surface area contributed by atoms with Gasteiger partial charge >= 0.3 is 0 Å². The number of hydrogen-bond acceptors (Lipinski definition) is 5. The van der Waals surface area contributed by atoms with Crippen molar-refractivity contribution in [3.8, 4) is 0 Å². The van der Waals surface area contributed by atoms with E-state index in [1.54, 1.807) is 6.07 Å². The fourth-order valence-corrected chi connectivity index (χ4v) is 3.41. The Bertz CT molecular complexity index is 684. The van der Waals surface area contributed by atoms with Gasteiger partial charge < -0.3 is 10.6 Å². The van der Waals surface area contributed by atoms with Crippen LogP contribution < -0.4 is 10.6 Å². The minimum absolute atomic E-state index is 0.0841. The van der Waals surface area contributed by atoms with Crippen LogP contribution in [0.2, 0.25) is 0 Å². The summed E-state index contributed by atoms with van der Waals surface area (Å²) in [5.74, 6) is 0.837. The highest BCUT2D eigenvalue weighted by molar-refractivity contribution is 7.99. The number of aryl methyl sites for hydroxylation is 2. The molecule has 0 fully saturated rings. The average molecular weight is 314 g/mol. The van der Waals surface area contributed by atoms with Crippen LogP contribution in [0.25, 0.3) is 0 Å². The van der Waals surface area contributed by atoms with Crippen LogP contribution in [-0.4, -0.2) is 28.2 Å². The Morgan fingerprint density at radius 1 is 1.36 bits per heavy atom. The summed E-state index contributed by atoms with van der Waals surface area (Å²) in [5, 5.41) is 0.552. The Labute approximate surface area is 133 Å². The van der Waals surface area contributed by atoms with Crippen LogP contribution in [0.3, 0.4) is 0 Å². The second kappa shape index (κ2) is 6.36. The summed E-state index contributed by atoms with van der Waals surface area (Å²) < 4.78 is 0. The zero-order chi connectivity index (χ0) is 15.5. The maximum atomic E-state index is 12.5. The van der Waals surface area contributed by atoms with Crippen molar-refractivity contribution in [2.75, 3.05) is 22.9 Å². The van der Waals surface area contributed by atoms with Crippen LogP contribution in [0.15, 0.2) is 35.5 Å². The Morgan fingerprint density at radius 3 is 3.00 bits per heavy atom. The summed E-state index contributed by atoms with van der Waals surface area (Å²) in [6.45, 7) is 2.64. The van der Waals surface area contributed by atoms with Gasteiger partial charge in [0.15, 0.2) is 5.16 Å². The molecule has 2 N–H and O–H groups in total. The average Bonchev–Trinajstić information content (AvgIpc) is 2.51. The van der Waals surface area contributed by atoms with Gasteiger partial charge in [-0.05, 0) is 31.4 Å². The number of aromatic nitrogens is 2. The van der Waals surface area contributed by atoms with E-state index >= 15 is 0 Å². The lowest BCUT2D eigenvalue weighted by atomic mass is 10.0. The molecule has 0 aliphatic carbocycles. The molecule has 1 amide bonds. The number of nitrogens with zero attached hydrogens (tertiary/aromatic N) is 3. The van der Waals surface area contributed by atoms with E-state index in [4.69, 9.17) is 5.73 Å². The molecule has 6 heteroatoms. The van der Waals surface area contributed by atoms with Crippen LogP contribution in [0, 0.1) is 6.92 Å². The number of amides is 1. The SMILES string of the molecule is Cc1cc(N)nc(SCC(=O)N2CCCc3ccccc32)n1. The van der Waals surface area contributed by atoms with Gasteiger partial charge in [-0.3, -0.25) is 4.79 Å². The third kappa shape index (κ3) is 3.22. The summed E-state index contributed by atoms with van der Waals surface area (Å²) in [4.78, 5) is 22.8. The van der Waals surface area contributed by atoms with Crippen molar-refractivity contribution in [1.29, 1.82) is 0 Å². The van der Waals surface area contributed by atoms with Gasteiger partial charge in [-0.1, -0.05) is 30.0 Å². The number of benzene rings is 1. The minimum Gasteiger partial charge on any atom is -0.384 e. The number of fused-ring (bicyclic) bond motifs is 1. The highest BCUT2D eigenvalue weighted by Gasteiger charge is 2.22. The molecule has 2 aromatic rings. The second-order valence-electron chi connectivity index (χ2n) is 5.28. The molecule has 0 saturated carbocycles. The number of rotatable bonds is 3. The van der Waals surface area contributed by atoms with Gasteiger partial charge in [0.25, 0.3) is 0 Å². The third-order valence-corrected chi connectivity index (χ3v) is 4.42. The lowest BCUT2D eigenvalue weighted by Gasteiger charge is -2.29. The van der Waals surface area contributed by atoms with E-state index in [9.17, 15) is 4.79 Å². The van der Waals surface area contributed by atoms with Crippen molar-refractivity contribution < 1.29 is 4.79 Å². The fraction of sp³-hybridized carbons (Fsp3) is 0.312. The molecule has 1 aromatic carbocycles. The lowest BCUT2D eigenvalue weighted by Crippen LogP contribution is -2.36. The van der Waals surface area contributed by atoms with Crippen molar-refractivity contribution in [2.45, 2.75) is 24.9 Å². The Hall–Kier alpha value is -2.08. The Morgan fingerprint density at radius 2 is 2.18 bits per heavy atom. The lowest BCUT2D eigenvalue weighted by molar-refractivity contribution is -0.116. The maximum absolute atomic E-state index is 12.5. The van der Waals surface area contributed by atoms with Gasteiger partial charge in [-0.2, -0.15) is 0 Å². The number of carbonyl (C=O) groups is 1. The summed E-state index contributed by atoms with van der Waals surface area (Å²) in [5.41, 5.74) is 8.79. The van der Waals surface area contributed by atoms with Crippen molar-refractivity contribution >= 4 is 29.2 Å². The van der Waals surface area contributed by atoms with Crippen molar-refractivity contribution in [3.05, 3.63) is 41.6 Å². The third-order valence-electron chi connectivity index (χ3n) is 3.59. The zero-order valence-corrected chi connectivity index (χ0v) is 13.3. The monoisotopic (exact) mass is 314 g/mol. The first-order valence-electron chi connectivity index (χ1n) is 7.26. The molecule has 1 aliphatic heterocycles. The number of anilines is 2. The summed E-state index contributed by atoms with van der Waals surface area (Å²) in [6.07, 6.45) is 2.03. The smallest absolute Gasteiger partial charge is 0.237 e. The van der Waals surface area contributed by atoms with Gasteiger partial charge in [-0.25, -0.2) is 9.97 Å². The number of para-hydroxylation sites is 1. The predicted octanol–water partition coefficient (Wildman–Crippen LogP) is 2.44. The minimum atomic E-state index is 0.0841. The maximum Gasteiger partial charge on any atom is 0.237 e. The van der Waals surface area contributed by atoms with Crippen LogP contribution in [0.4, 0.5) is 11.5 Å². The highest BCUT2D eigenvalue weighted by atomic mass is 32.2. The predicted molar refractivity (Wildman–Crippen MR) is 89.0 cm³/mol. The van der Waals surface area contributed by atoms with E-state index < -0.39 is 0 Å². The fourth-order valence-electron chi connectivity index (χ4n) is 2.63. The van der Waals surface area contributed by atoms with Crippen molar-refractivity contribution in [3.63, 3.8) is 0 Å². The highest BCUT2D eigenvalue weighted by Crippen LogP contribution is 2.27. The van der Waals surface area contributed by atoms with Crippen LogP contribution in [-0.2, 0) is 11.2 Å². The van der Waals surface area contributed by atoms with E-state index in [2.05, 4.69) is 16.0 Å². The molecule has 22 heavy (non-hydrogen) atoms. The summed E-state index contributed by atoms with van der Waals surface area (Å²) in [6, 6.07) is 9.81. The standard InChI is InChI=1S/C16H18N4OS/c1-11-9-14(17)19-16(18-11)22-10-15(21)20-8-4-6-12-5-2-3-7-13(12)20/h2-3,5,7,9H,4,6,8,10H2,1H3,(H2,17,18,19). The van der Waals surface area contributed by atoms with Crippen molar-refractivity contribution in [2.24, 2.45) is 0 Å². The first-order valence-corrected chi connectivity index (χ1v) is 8.24. The van der Waals surface area contributed by atoms with Gasteiger partial charge in [0.1, 0.15) is 5.82 Å². The zero-order valence-electron chi connectivity index (χ0n) is 12.5. The normalized spacial score (nSPS) is 13.8. The molecule has 5 nitrogen and oxygen atoms in total. The van der Waals surface area contributed by atoms with Crippen LogP contribution in [0.5, 0.6) is 0 Å². The molecule has 0 atom stereocenters. The topological polar surface area (TPSA) is 72.1 Å². The first-order chi connectivity index (χ1) is 10.6. The number of carbonyl (C=O) groups excluding carboxylic acids is 1. The number of thioether (sulfide) groups is 1. The first kappa shape index (κ1) is 14.8. The van der Waals surface area contributed by atoms with Gasteiger partial charge in [0.05, 0.1) is 5.75 Å². The Balaban J connectivity index is 1.70. The molecule has 2 heterocycles. The molecule has 3 rings (SSSR count). The van der Waals surface area contributed by atoms with Gasteiger partial charge in [-0.15, -0.1) is 0 Å². The molecule has 114 valence electrons. The van der Waals surface area contributed by atoms with E-state index in [1.165, 1.54) is 17.3 Å². The van der Waals surface area contributed by atoms with Crippen molar-refractivity contribution in [1.82, 2.24) is 9.97 Å². The number of nitrogens with two attached hydrogens (primary N) is 1. The molecular formula is C16H18N4OS. The van der Waals surface area contributed by atoms with E-state index in [-0.39, 0.29) is 5.91 Å². The van der Waals surface area contributed by atoms with E-state index in [0.717, 1.165) is 30.8 Å². The molecular weight excluding hydrogens is 296 g/mol. The molecule has 0 saturated heterocycles. The molecule has 0 spiro atoms. The summed E-state index contributed by atoms with van der Waals surface area (Å²) in [7, 11) is 0. The largest absolute Gasteiger partial charge is 0.384 e. The quantitative estimate of drug-likeness (QED) is 0.696. The van der Waals surface area contributed by atoms with Crippen LogP contribution >= 0.6 is 11.8 Å². The van der Waals surface area contributed by atoms with Gasteiger partial charge in [0.2, 0.25) is 5.91 Å². The number of nitrogen functional groups attached to an aromatic ring is 1. The van der Waals surface area contributed by atoms with Crippen LogP contribution in [0.1, 0.15) is 17.7 Å². The molecule has 1 aliphatic rings. The Kier molecular flexibility index (Phi) is 4.29.